The van der Waals surface area contributed by atoms with Gasteiger partial charge in [-0.3, -0.25) is 4.79 Å². The van der Waals surface area contributed by atoms with Crippen LogP contribution in [0.2, 0.25) is 0 Å². The van der Waals surface area contributed by atoms with Crippen LogP contribution in [0.15, 0.2) is 0 Å². The third kappa shape index (κ3) is 6.09. The first-order valence-electron chi connectivity index (χ1n) is 5.79. The highest BCUT2D eigenvalue weighted by molar-refractivity contribution is 5.75. The standard InChI is InChI=1S/C12H21N3O3/c1-12(2,3)9(8-10(16)17)14-11(18)15(4)7-5-6-13/h9H,5,7-8H2,1-4H3,(H,14,18)(H,16,17). The number of carboxylic acids is 1. The molecule has 0 aromatic carbocycles. The second-order valence-electron chi connectivity index (χ2n) is 5.30. The van der Waals surface area contributed by atoms with Crippen molar-refractivity contribution in [3.63, 3.8) is 0 Å². The Morgan fingerprint density at radius 3 is 2.39 bits per heavy atom. The number of rotatable bonds is 5. The van der Waals surface area contributed by atoms with Gasteiger partial charge < -0.3 is 15.3 Å². The molecule has 2 N–H and O–H groups in total. The van der Waals surface area contributed by atoms with E-state index in [2.05, 4.69) is 5.32 Å². The highest BCUT2D eigenvalue weighted by atomic mass is 16.4. The molecule has 0 heterocycles. The molecule has 18 heavy (non-hydrogen) atoms. The third-order valence-electron chi connectivity index (χ3n) is 2.63. The highest BCUT2D eigenvalue weighted by Crippen LogP contribution is 2.22. The summed E-state index contributed by atoms with van der Waals surface area (Å²) in [5.74, 6) is -0.949. The lowest BCUT2D eigenvalue weighted by molar-refractivity contribution is -0.138. The van der Waals surface area contributed by atoms with Crippen molar-refractivity contribution < 1.29 is 14.7 Å². The largest absolute Gasteiger partial charge is 0.481 e. The summed E-state index contributed by atoms with van der Waals surface area (Å²) in [6.07, 6.45) is 0.129. The zero-order valence-corrected chi connectivity index (χ0v) is 11.4. The summed E-state index contributed by atoms with van der Waals surface area (Å²) in [5.41, 5.74) is -0.343. The van der Waals surface area contributed by atoms with Gasteiger partial charge in [-0.1, -0.05) is 20.8 Å². The molecular formula is C12H21N3O3. The molecule has 1 atom stereocenters. The Labute approximate surface area is 108 Å². The van der Waals surface area contributed by atoms with Crippen molar-refractivity contribution in [3.05, 3.63) is 0 Å². The predicted octanol–water partition coefficient (Wildman–Crippen LogP) is 1.43. The molecule has 6 heteroatoms. The van der Waals surface area contributed by atoms with Crippen LogP contribution in [-0.4, -0.2) is 41.6 Å². The lowest BCUT2D eigenvalue weighted by atomic mass is 9.85. The first-order chi connectivity index (χ1) is 8.18. The first-order valence-corrected chi connectivity index (χ1v) is 5.79. The Kier molecular flexibility index (Phi) is 6.17. The smallest absolute Gasteiger partial charge is 0.317 e. The van der Waals surface area contributed by atoms with E-state index in [4.69, 9.17) is 10.4 Å². The maximum Gasteiger partial charge on any atom is 0.317 e. The number of hydrogen-bond donors (Lipinski definition) is 2. The summed E-state index contributed by atoms with van der Waals surface area (Å²) in [6.45, 7) is 5.94. The van der Waals surface area contributed by atoms with Crippen molar-refractivity contribution in [3.8, 4) is 6.07 Å². The molecule has 0 aliphatic heterocycles. The van der Waals surface area contributed by atoms with E-state index in [-0.39, 0.29) is 24.3 Å². The normalized spacial score (nSPS) is 12.4. The molecule has 0 fully saturated rings. The molecule has 0 rings (SSSR count). The van der Waals surface area contributed by atoms with Crippen LogP contribution in [0.4, 0.5) is 4.79 Å². The molecule has 102 valence electrons. The topological polar surface area (TPSA) is 93.4 Å². The van der Waals surface area contributed by atoms with E-state index in [1.165, 1.54) is 4.90 Å². The van der Waals surface area contributed by atoms with Crippen molar-refractivity contribution in [2.45, 2.75) is 39.7 Å². The van der Waals surface area contributed by atoms with Crippen molar-refractivity contribution in [2.75, 3.05) is 13.6 Å². The minimum atomic E-state index is -0.949. The van der Waals surface area contributed by atoms with Crippen LogP contribution in [-0.2, 0) is 4.79 Å². The lowest BCUT2D eigenvalue weighted by Gasteiger charge is -2.31. The van der Waals surface area contributed by atoms with Crippen LogP contribution >= 0.6 is 0 Å². The van der Waals surface area contributed by atoms with Gasteiger partial charge >= 0.3 is 12.0 Å². The Bertz CT molecular complexity index is 341. The fraction of sp³-hybridized carbons (Fsp3) is 0.750. The molecule has 0 radical (unpaired) electrons. The Hall–Kier alpha value is -1.77. The second-order valence-corrected chi connectivity index (χ2v) is 5.30. The number of nitrogens with zero attached hydrogens (tertiary/aromatic N) is 2. The fourth-order valence-electron chi connectivity index (χ4n) is 1.33. The molecule has 0 spiro atoms. The van der Waals surface area contributed by atoms with Gasteiger partial charge in [0.2, 0.25) is 0 Å². The van der Waals surface area contributed by atoms with E-state index in [9.17, 15) is 9.59 Å². The van der Waals surface area contributed by atoms with Gasteiger partial charge in [-0.25, -0.2) is 4.79 Å². The molecule has 0 aromatic rings. The minimum Gasteiger partial charge on any atom is -0.481 e. The zero-order chi connectivity index (χ0) is 14.3. The number of carbonyl (C=O) groups is 2. The summed E-state index contributed by atoms with van der Waals surface area (Å²) < 4.78 is 0. The van der Waals surface area contributed by atoms with Crippen LogP contribution in [0.3, 0.4) is 0 Å². The number of carbonyl (C=O) groups excluding carboxylic acids is 1. The van der Waals surface area contributed by atoms with E-state index in [1.807, 2.05) is 26.8 Å². The Morgan fingerprint density at radius 2 is 2.00 bits per heavy atom. The predicted molar refractivity (Wildman–Crippen MR) is 66.9 cm³/mol. The van der Waals surface area contributed by atoms with E-state index < -0.39 is 12.0 Å². The SMILES string of the molecule is CN(CCC#N)C(=O)NC(CC(=O)O)C(C)(C)C. The number of hydrogen-bond acceptors (Lipinski definition) is 3. The van der Waals surface area contributed by atoms with Gasteiger partial charge in [-0.2, -0.15) is 5.26 Å². The van der Waals surface area contributed by atoms with Gasteiger partial charge in [0.15, 0.2) is 0 Å². The monoisotopic (exact) mass is 255 g/mol. The van der Waals surface area contributed by atoms with Crippen LogP contribution in [0, 0.1) is 16.7 Å². The van der Waals surface area contributed by atoms with E-state index in [1.54, 1.807) is 7.05 Å². The maximum absolute atomic E-state index is 11.8. The fourth-order valence-corrected chi connectivity index (χ4v) is 1.33. The van der Waals surface area contributed by atoms with Crippen molar-refractivity contribution in [1.82, 2.24) is 10.2 Å². The summed E-state index contributed by atoms with van der Waals surface area (Å²) in [7, 11) is 1.58. The van der Waals surface area contributed by atoms with Crippen LogP contribution < -0.4 is 5.32 Å². The number of urea groups is 1. The molecule has 6 nitrogen and oxygen atoms in total. The average molecular weight is 255 g/mol. The van der Waals surface area contributed by atoms with E-state index >= 15 is 0 Å². The van der Waals surface area contributed by atoms with Gasteiger partial charge in [0, 0.05) is 19.6 Å². The molecule has 0 aliphatic rings. The summed E-state index contributed by atoms with van der Waals surface area (Å²) in [4.78, 5) is 24.0. The van der Waals surface area contributed by atoms with E-state index in [0.717, 1.165) is 0 Å². The van der Waals surface area contributed by atoms with Gasteiger partial charge in [-0.05, 0) is 5.41 Å². The molecule has 2 amide bonds. The Balaban J connectivity index is 4.54. The van der Waals surface area contributed by atoms with Crippen LogP contribution in [0.1, 0.15) is 33.6 Å². The van der Waals surface area contributed by atoms with Gasteiger partial charge in [-0.15, -0.1) is 0 Å². The van der Waals surface area contributed by atoms with Crippen molar-refractivity contribution in [1.29, 1.82) is 5.26 Å². The molecule has 0 aliphatic carbocycles. The summed E-state index contributed by atoms with van der Waals surface area (Å²) >= 11 is 0. The van der Waals surface area contributed by atoms with Gasteiger partial charge in [0.05, 0.1) is 18.9 Å². The van der Waals surface area contributed by atoms with Gasteiger partial charge in [0.25, 0.3) is 0 Å². The zero-order valence-electron chi connectivity index (χ0n) is 11.4. The summed E-state index contributed by atoms with van der Waals surface area (Å²) in [5, 5.41) is 20.0. The number of aliphatic carboxylic acids is 1. The van der Waals surface area contributed by atoms with E-state index in [0.29, 0.717) is 6.54 Å². The highest BCUT2D eigenvalue weighted by Gasteiger charge is 2.29. The molecule has 1 unspecified atom stereocenters. The van der Waals surface area contributed by atoms with Crippen molar-refractivity contribution >= 4 is 12.0 Å². The molecule has 0 saturated carbocycles. The van der Waals surface area contributed by atoms with Gasteiger partial charge in [0.1, 0.15) is 0 Å². The number of nitriles is 1. The first kappa shape index (κ1) is 16.2. The average Bonchev–Trinajstić information content (AvgIpc) is 2.22. The Morgan fingerprint density at radius 1 is 1.44 bits per heavy atom. The third-order valence-corrected chi connectivity index (χ3v) is 2.63. The quantitative estimate of drug-likeness (QED) is 0.777. The molecule has 0 aromatic heterocycles. The maximum atomic E-state index is 11.8. The number of nitrogens with one attached hydrogen (secondary N) is 1. The van der Waals surface area contributed by atoms with Crippen LogP contribution in [0.5, 0.6) is 0 Å². The molecule has 0 bridgehead atoms. The molecular weight excluding hydrogens is 234 g/mol. The molecule has 0 saturated heterocycles. The number of amides is 2. The minimum absolute atomic E-state index is 0.124. The lowest BCUT2D eigenvalue weighted by Crippen LogP contribution is -2.49. The van der Waals surface area contributed by atoms with Crippen molar-refractivity contribution in [2.24, 2.45) is 5.41 Å². The van der Waals surface area contributed by atoms with Crippen LogP contribution in [0.25, 0.3) is 0 Å². The second kappa shape index (κ2) is 6.84. The summed E-state index contributed by atoms with van der Waals surface area (Å²) in [6, 6.07) is 1.15. The number of carboxylic acid groups (broad SMARTS) is 1.